The minimum absolute atomic E-state index is 0.0755. The summed E-state index contributed by atoms with van der Waals surface area (Å²) in [5.74, 6) is 1.11. The van der Waals surface area contributed by atoms with Gasteiger partial charge in [0.05, 0.1) is 20.3 Å². The molecule has 2 aromatic rings. The van der Waals surface area contributed by atoms with E-state index in [1.54, 1.807) is 25.3 Å². The lowest BCUT2D eigenvalue weighted by Crippen LogP contribution is -2.32. The zero-order chi connectivity index (χ0) is 18.4. The Morgan fingerprint density at radius 2 is 1.68 bits per heavy atom. The van der Waals surface area contributed by atoms with Crippen LogP contribution in [-0.4, -0.2) is 31.9 Å². The van der Waals surface area contributed by atoms with Gasteiger partial charge in [-0.1, -0.05) is 12.1 Å². The van der Waals surface area contributed by atoms with E-state index in [-0.39, 0.29) is 12.6 Å². The number of hydrogen-bond donors (Lipinski definition) is 3. The Bertz CT molecular complexity index is 726. The van der Waals surface area contributed by atoms with Crippen molar-refractivity contribution in [2.75, 3.05) is 26.1 Å². The van der Waals surface area contributed by atoms with Crippen LogP contribution < -0.4 is 20.1 Å². The highest BCUT2D eigenvalue weighted by molar-refractivity contribution is 5.89. The molecule has 0 aliphatic heterocycles. The number of nitrogens with one attached hydrogen (secondary N) is 2. The van der Waals surface area contributed by atoms with Gasteiger partial charge in [0.25, 0.3) is 0 Å². The second-order valence-electron chi connectivity index (χ2n) is 5.84. The summed E-state index contributed by atoms with van der Waals surface area (Å²) in [6.07, 6.45) is -0.857. The smallest absolute Gasteiger partial charge is 0.319 e. The van der Waals surface area contributed by atoms with Crippen LogP contribution in [0, 0.1) is 13.8 Å². The third-order valence-electron chi connectivity index (χ3n) is 3.73. The summed E-state index contributed by atoms with van der Waals surface area (Å²) in [5.41, 5.74) is 3.49. The van der Waals surface area contributed by atoms with Crippen molar-refractivity contribution in [1.82, 2.24) is 5.32 Å². The molecule has 0 fully saturated rings. The zero-order valence-electron chi connectivity index (χ0n) is 14.9. The van der Waals surface area contributed by atoms with Crippen LogP contribution in [0.5, 0.6) is 11.5 Å². The van der Waals surface area contributed by atoms with Crippen LogP contribution in [-0.2, 0) is 0 Å². The average molecular weight is 344 g/mol. The monoisotopic (exact) mass is 344 g/mol. The summed E-state index contributed by atoms with van der Waals surface area (Å²) in [5, 5.41) is 15.7. The summed E-state index contributed by atoms with van der Waals surface area (Å²) >= 11 is 0. The Morgan fingerprint density at radius 1 is 1.04 bits per heavy atom. The fourth-order valence-electron chi connectivity index (χ4n) is 2.59. The summed E-state index contributed by atoms with van der Waals surface area (Å²) in [4.78, 5) is 12.0. The van der Waals surface area contributed by atoms with Gasteiger partial charge in [-0.2, -0.15) is 0 Å². The maximum Gasteiger partial charge on any atom is 0.319 e. The van der Waals surface area contributed by atoms with Crippen LogP contribution in [0.1, 0.15) is 22.8 Å². The molecule has 0 heterocycles. The van der Waals surface area contributed by atoms with E-state index in [9.17, 15) is 9.90 Å². The van der Waals surface area contributed by atoms with Crippen molar-refractivity contribution in [3.8, 4) is 11.5 Å². The molecule has 25 heavy (non-hydrogen) atoms. The predicted molar refractivity (Wildman–Crippen MR) is 97.4 cm³/mol. The van der Waals surface area contributed by atoms with Gasteiger partial charge < -0.3 is 25.2 Å². The average Bonchev–Trinajstić information content (AvgIpc) is 2.58. The van der Waals surface area contributed by atoms with Crippen LogP contribution >= 0.6 is 0 Å². The van der Waals surface area contributed by atoms with Crippen LogP contribution in [0.4, 0.5) is 10.5 Å². The van der Waals surface area contributed by atoms with Crippen LogP contribution in [0.15, 0.2) is 36.4 Å². The number of aryl methyl sites for hydroxylation is 2. The molecular weight excluding hydrogens is 320 g/mol. The lowest BCUT2D eigenvalue weighted by atomic mass is 10.1. The molecule has 2 rings (SSSR count). The molecule has 0 bridgehead atoms. The quantitative estimate of drug-likeness (QED) is 0.752. The normalized spacial score (nSPS) is 11.6. The highest BCUT2D eigenvalue weighted by atomic mass is 16.5. The van der Waals surface area contributed by atoms with Crippen molar-refractivity contribution in [3.05, 3.63) is 53.1 Å². The predicted octanol–water partition coefficient (Wildman–Crippen LogP) is 3.18. The van der Waals surface area contributed by atoms with E-state index >= 15 is 0 Å². The minimum Gasteiger partial charge on any atom is -0.493 e. The van der Waals surface area contributed by atoms with Crippen LogP contribution in [0.3, 0.4) is 0 Å². The largest absolute Gasteiger partial charge is 0.493 e. The second kappa shape index (κ2) is 8.39. The first-order valence-corrected chi connectivity index (χ1v) is 7.96. The van der Waals surface area contributed by atoms with Crippen molar-refractivity contribution < 1.29 is 19.4 Å². The van der Waals surface area contributed by atoms with Crippen molar-refractivity contribution in [3.63, 3.8) is 0 Å². The number of carbonyl (C=O) groups is 1. The number of methoxy groups -OCH3 is 2. The number of carbonyl (C=O) groups excluding carboxylic acids is 1. The number of anilines is 1. The standard InChI is InChI=1S/C19H24N2O4/c1-12-7-13(2)9-15(8-12)21-19(23)20-11-16(22)14-5-6-17(24-3)18(10-14)25-4/h5-10,16,22H,11H2,1-4H3,(H2,20,21,23). The molecule has 134 valence electrons. The first kappa shape index (κ1) is 18.6. The SMILES string of the molecule is COc1ccc(C(O)CNC(=O)Nc2cc(C)cc(C)c2)cc1OC. The van der Waals surface area contributed by atoms with Crippen LogP contribution in [0.25, 0.3) is 0 Å². The zero-order valence-corrected chi connectivity index (χ0v) is 14.9. The second-order valence-corrected chi connectivity index (χ2v) is 5.84. The highest BCUT2D eigenvalue weighted by Crippen LogP contribution is 2.29. The molecule has 0 saturated carbocycles. The number of benzene rings is 2. The summed E-state index contributed by atoms with van der Waals surface area (Å²) < 4.78 is 10.4. The molecule has 0 spiro atoms. The first-order chi connectivity index (χ1) is 11.9. The molecule has 2 aromatic carbocycles. The lowest BCUT2D eigenvalue weighted by Gasteiger charge is -2.15. The van der Waals surface area contributed by atoms with Gasteiger partial charge >= 0.3 is 6.03 Å². The van der Waals surface area contributed by atoms with Gasteiger partial charge in [0.1, 0.15) is 0 Å². The number of aliphatic hydroxyl groups is 1. The highest BCUT2D eigenvalue weighted by Gasteiger charge is 2.13. The van der Waals surface area contributed by atoms with E-state index in [1.807, 2.05) is 32.0 Å². The van der Waals surface area contributed by atoms with Crippen molar-refractivity contribution in [2.24, 2.45) is 0 Å². The third kappa shape index (κ3) is 5.12. The number of hydrogen-bond acceptors (Lipinski definition) is 4. The van der Waals surface area contributed by atoms with Gasteiger partial charge in [0.2, 0.25) is 0 Å². The Balaban J connectivity index is 1.94. The topological polar surface area (TPSA) is 79.8 Å². The lowest BCUT2D eigenvalue weighted by molar-refractivity contribution is 0.174. The fraction of sp³-hybridized carbons (Fsp3) is 0.316. The summed E-state index contributed by atoms with van der Waals surface area (Å²) in [7, 11) is 3.08. The third-order valence-corrected chi connectivity index (χ3v) is 3.73. The number of rotatable bonds is 6. The van der Waals surface area contributed by atoms with Crippen LogP contribution in [0.2, 0.25) is 0 Å². The van der Waals surface area contributed by atoms with Gasteiger partial charge in [-0.25, -0.2) is 4.79 Å². The van der Waals surface area contributed by atoms with E-state index in [0.717, 1.165) is 16.8 Å². The van der Waals surface area contributed by atoms with Gasteiger partial charge in [-0.05, 0) is 54.8 Å². The molecule has 6 heteroatoms. The molecule has 3 N–H and O–H groups in total. The molecule has 2 amide bonds. The van der Waals surface area contributed by atoms with E-state index in [2.05, 4.69) is 10.6 Å². The van der Waals surface area contributed by atoms with Gasteiger partial charge in [0, 0.05) is 12.2 Å². The van der Waals surface area contributed by atoms with Crippen molar-refractivity contribution in [1.29, 1.82) is 0 Å². The first-order valence-electron chi connectivity index (χ1n) is 7.96. The molecule has 6 nitrogen and oxygen atoms in total. The van der Waals surface area contributed by atoms with Crippen molar-refractivity contribution >= 4 is 11.7 Å². The molecule has 0 saturated heterocycles. The number of urea groups is 1. The molecule has 0 aliphatic carbocycles. The summed E-state index contributed by atoms with van der Waals surface area (Å²) in [6.45, 7) is 4.01. The van der Waals surface area contributed by atoms with E-state index < -0.39 is 6.10 Å². The maximum atomic E-state index is 12.0. The Morgan fingerprint density at radius 3 is 2.28 bits per heavy atom. The molecule has 1 unspecified atom stereocenters. The Hall–Kier alpha value is -2.73. The Kier molecular flexibility index (Phi) is 6.25. The number of aliphatic hydroxyl groups excluding tert-OH is 1. The van der Waals surface area contributed by atoms with E-state index in [0.29, 0.717) is 17.1 Å². The van der Waals surface area contributed by atoms with Gasteiger partial charge in [0.15, 0.2) is 11.5 Å². The van der Waals surface area contributed by atoms with Gasteiger partial charge in [-0.15, -0.1) is 0 Å². The molecular formula is C19H24N2O4. The molecule has 1 atom stereocenters. The van der Waals surface area contributed by atoms with Crippen molar-refractivity contribution in [2.45, 2.75) is 20.0 Å². The maximum absolute atomic E-state index is 12.0. The number of ether oxygens (including phenoxy) is 2. The minimum atomic E-state index is -0.857. The number of amides is 2. The summed E-state index contributed by atoms with van der Waals surface area (Å²) in [6, 6.07) is 10.6. The molecule has 0 radical (unpaired) electrons. The van der Waals surface area contributed by atoms with Gasteiger partial charge in [-0.3, -0.25) is 0 Å². The molecule has 0 aliphatic rings. The Labute approximate surface area is 147 Å². The van der Waals surface area contributed by atoms with E-state index in [4.69, 9.17) is 9.47 Å². The van der Waals surface area contributed by atoms with E-state index in [1.165, 1.54) is 7.11 Å². The fourth-order valence-corrected chi connectivity index (χ4v) is 2.59. The molecule has 0 aromatic heterocycles.